The highest BCUT2D eigenvalue weighted by molar-refractivity contribution is 7.89. The largest absolute Gasteiger partial charge is 0.504 e. The smallest absolute Gasteiger partial charge is 0.240 e. The maximum absolute atomic E-state index is 14.1. The second kappa shape index (κ2) is 17.3. The first kappa shape index (κ1) is 47.4. The van der Waals surface area contributed by atoms with E-state index in [1.165, 1.54) is 0 Å². The second-order valence-electron chi connectivity index (χ2n) is 20.7. The van der Waals surface area contributed by atoms with Crippen LogP contribution < -0.4 is 18.9 Å². The molecule has 2 heterocycles. The maximum Gasteiger partial charge on any atom is 0.240 e. The lowest BCUT2D eigenvalue weighted by atomic mass is 9.49. The first-order valence-corrected chi connectivity index (χ1v) is 26.9. The van der Waals surface area contributed by atoms with Crippen molar-refractivity contribution < 1.29 is 46.0 Å². The van der Waals surface area contributed by atoms with Gasteiger partial charge >= 0.3 is 0 Å². The van der Waals surface area contributed by atoms with Crippen molar-refractivity contribution in [2.24, 2.45) is 11.8 Å². The van der Waals surface area contributed by atoms with Crippen molar-refractivity contribution in [1.29, 1.82) is 0 Å². The quantitative estimate of drug-likeness (QED) is 0.140. The fourth-order valence-corrected chi connectivity index (χ4v) is 16.7. The zero-order valence-electron chi connectivity index (χ0n) is 40.3. The Morgan fingerprint density at radius 3 is 1.31 bits per heavy atom. The standard InChI is InChI=1S/C52H66N4O10S2/c1-29-9-13-31(14-10-29)67(59,60)53-39-27-51-17-19-55(3)41(37(51)25-43(39)63-5)21-35-33(23-45(65-7)49(57)47(35)51)34-24-46(66-8)50(58)48-36(34)22-42-38-26-44(64-6)40(28-52(38,48)18-20-56(42)4)54-68(61,62)32-15-11-30(2)12-16-32/h9-16,23-24,37-44,53-54,57-58H,17-22,25-28H2,1-8H3/t37-,38-,39-,40-,41+,42+,43-,44-,51-,52-/m1/s1. The first-order valence-electron chi connectivity index (χ1n) is 23.9. The van der Waals surface area contributed by atoms with Gasteiger partial charge in [0.1, 0.15) is 0 Å². The van der Waals surface area contributed by atoms with E-state index in [-0.39, 0.29) is 45.2 Å². The van der Waals surface area contributed by atoms with Crippen molar-refractivity contribution in [1.82, 2.24) is 19.2 Å². The molecule has 0 amide bonds. The average Bonchev–Trinajstić information content (AvgIpc) is 3.31. The van der Waals surface area contributed by atoms with Gasteiger partial charge in [-0.1, -0.05) is 35.4 Å². The van der Waals surface area contributed by atoms with Crippen LogP contribution in [0.15, 0.2) is 70.5 Å². The number of rotatable bonds is 11. The third kappa shape index (κ3) is 7.38. The molecular weight excluding hydrogens is 905 g/mol. The molecule has 68 heavy (non-hydrogen) atoms. The molecule has 4 fully saturated rings. The van der Waals surface area contributed by atoms with Crippen molar-refractivity contribution in [3.05, 3.63) is 94.0 Å². The number of ether oxygens (including phenoxy) is 4. The Bertz CT molecular complexity index is 2650. The topological polar surface area (TPSA) is 176 Å². The van der Waals surface area contributed by atoms with E-state index < -0.39 is 55.2 Å². The summed E-state index contributed by atoms with van der Waals surface area (Å²) in [5.74, 6) is 0.796. The lowest BCUT2D eigenvalue weighted by Crippen LogP contribution is -2.66. The van der Waals surface area contributed by atoms with Crippen molar-refractivity contribution in [2.75, 3.05) is 55.6 Å². The highest BCUT2D eigenvalue weighted by Crippen LogP contribution is 2.64. The number of sulfonamides is 2. The van der Waals surface area contributed by atoms with E-state index in [1.54, 1.807) is 77.0 Å². The highest BCUT2D eigenvalue weighted by Gasteiger charge is 2.62. The van der Waals surface area contributed by atoms with E-state index >= 15 is 0 Å². The number of methoxy groups -OCH3 is 4. The molecule has 4 aromatic carbocycles. The molecule has 4 N–H and O–H groups in total. The third-order valence-electron chi connectivity index (χ3n) is 17.5. The van der Waals surface area contributed by atoms with Gasteiger partial charge in [-0.05, 0) is 163 Å². The summed E-state index contributed by atoms with van der Waals surface area (Å²) in [6.07, 6.45) is 3.69. The summed E-state index contributed by atoms with van der Waals surface area (Å²) in [6.45, 7) is 5.34. The van der Waals surface area contributed by atoms with Crippen LogP contribution in [0.1, 0.15) is 71.9 Å². The number of piperidine rings is 2. The summed E-state index contributed by atoms with van der Waals surface area (Å²) in [6, 6.07) is 16.4. The molecule has 4 bridgehead atoms. The van der Waals surface area contributed by atoms with Gasteiger partial charge in [-0.15, -0.1) is 0 Å². The van der Waals surface area contributed by atoms with Crippen LogP contribution >= 0.6 is 0 Å². The summed E-state index contributed by atoms with van der Waals surface area (Å²) in [4.78, 5) is 5.18. The number of nitrogens with one attached hydrogen (secondary N) is 2. The molecule has 2 saturated heterocycles. The summed E-state index contributed by atoms with van der Waals surface area (Å²) in [5, 5.41) is 25.2. The fourth-order valence-electron chi connectivity index (χ4n) is 14.2. The number of likely N-dealkylation sites (N-methyl/N-ethyl adjacent to an activating group) is 2. The van der Waals surface area contributed by atoms with Gasteiger partial charge in [0.25, 0.3) is 0 Å². The van der Waals surface area contributed by atoms with Crippen LogP contribution in [0.5, 0.6) is 23.0 Å². The number of nitrogens with zero attached hydrogens (tertiary/aromatic N) is 2. The predicted molar refractivity (Wildman–Crippen MR) is 259 cm³/mol. The number of hydrogen-bond donors (Lipinski definition) is 4. The SMILES string of the molecule is COc1cc(-c2cc(OC)c(O)c3c2C[C@H]2[C@H]4C[C@@H](OC)[C@H](NS(=O)(=O)c5ccc(C)cc5)C[C@@]34CCN2C)c2c(c1O)[C@@]13CCN(C)[C@@H](C2)[C@H]1C[C@@H](OC)[C@H](NS(=O)(=O)c1ccc(C)cc1)C3. The van der Waals surface area contributed by atoms with E-state index in [0.29, 0.717) is 62.9 Å². The lowest BCUT2D eigenvalue weighted by molar-refractivity contribution is -0.0659. The Hall–Kier alpha value is -4.26. The van der Waals surface area contributed by atoms with Crippen LogP contribution in [0.25, 0.3) is 11.1 Å². The molecular formula is C52H66N4O10S2. The van der Waals surface area contributed by atoms with Crippen LogP contribution in [0.3, 0.4) is 0 Å². The molecule has 2 aliphatic heterocycles. The van der Waals surface area contributed by atoms with Crippen molar-refractivity contribution in [3.63, 3.8) is 0 Å². The summed E-state index contributed by atoms with van der Waals surface area (Å²) >= 11 is 0. The second-order valence-corrected chi connectivity index (χ2v) is 24.1. The van der Waals surface area contributed by atoms with Gasteiger partial charge in [0, 0.05) is 60.3 Å². The number of benzene rings is 4. The molecule has 16 heteroatoms. The zero-order valence-corrected chi connectivity index (χ0v) is 42.0. The third-order valence-corrected chi connectivity index (χ3v) is 20.5. The van der Waals surface area contributed by atoms with Crippen LogP contribution in [0.2, 0.25) is 0 Å². The Balaban J connectivity index is 1.14. The Morgan fingerprint density at radius 1 is 0.603 bits per heavy atom. The average molecular weight is 971 g/mol. The number of likely N-dealkylation sites (tertiary alicyclic amines) is 2. The number of aromatic hydroxyl groups is 2. The number of fused-ring (bicyclic) bond motifs is 2. The highest BCUT2D eigenvalue weighted by atomic mass is 32.2. The van der Waals surface area contributed by atoms with Crippen LogP contribution in [-0.2, 0) is 53.2 Å². The molecule has 2 saturated carbocycles. The molecule has 0 radical (unpaired) electrons. The first-order chi connectivity index (χ1) is 32.4. The normalized spacial score (nSPS) is 31.2. The number of hydrogen-bond acceptors (Lipinski definition) is 12. The van der Waals surface area contributed by atoms with Gasteiger partial charge in [0.2, 0.25) is 20.0 Å². The van der Waals surface area contributed by atoms with Gasteiger partial charge in [-0.25, -0.2) is 26.3 Å². The monoisotopic (exact) mass is 970 g/mol. The minimum absolute atomic E-state index is 0.0252. The van der Waals surface area contributed by atoms with E-state index in [9.17, 15) is 27.0 Å². The van der Waals surface area contributed by atoms with E-state index in [0.717, 1.165) is 57.6 Å². The number of phenols is 2. The van der Waals surface area contributed by atoms with E-state index in [1.807, 2.05) is 26.0 Å². The molecule has 10 rings (SSSR count). The van der Waals surface area contributed by atoms with Crippen molar-refractivity contribution in [2.45, 2.75) is 122 Å². The van der Waals surface area contributed by atoms with Gasteiger partial charge in [-0.2, -0.15) is 0 Å². The minimum atomic E-state index is -3.94. The molecule has 0 spiro atoms. The predicted octanol–water partition coefficient (Wildman–Crippen LogP) is 5.94. The van der Waals surface area contributed by atoms with Crippen molar-refractivity contribution >= 4 is 20.0 Å². The van der Waals surface area contributed by atoms with Crippen molar-refractivity contribution in [3.8, 4) is 34.1 Å². The van der Waals surface area contributed by atoms with Gasteiger partial charge in [0.15, 0.2) is 23.0 Å². The Labute approximate surface area is 401 Å². The Kier molecular flexibility index (Phi) is 12.0. The fraction of sp³-hybridized carbons (Fsp3) is 0.538. The van der Waals surface area contributed by atoms with E-state index in [2.05, 4.69) is 33.3 Å². The molecule has 0 unspecified atom stereocenters. The number of phenolic OH excluding ortho intramolecular Hbond substituents is 2. The summed E-state index contributed by atoms with van der Waals surface area (Å²) in [5.41, 5.74) is 5.83. The summed E-state index contributed by atoms with van der Waals surface area (Å²) < 4.78 is 87.1. The van der Waals surface area contributed by atoms with Crippen LogP contribution in [0, 0.1) is 25.7 Å². The van der Waals surface area contributed by atoms with E-state index in [4.69, 9.17) is 18.9 Å². The summed E-state index contributed by atoms with van der Waals surface area (Å²) in [7, 11) is 2.82. The molecule has 4 aromatic rings. The maximum atomic E-state index is 14.1. The van der Waals surface area contributed by atoms with Crippen LogP contribution in [0.4, 0.5) is 0 Å². The van der Waals surface area contributed by atoms with Crippen LogP contribution in [-0.4, -0.2) is 129 Å². The van der Waals surface area contributed by atoms with Gasteiger partial charge < -0.3 is 39.0 Å². The molecule has 4 aliphatic carbocycles. The minimum Gasteiger partial charge on any atom is -0.504 e. The molecule has 10 atom stereocenters. The molecule has 0 aromatic heterocycles. The zero-order chi connectivity index (χ0) is 48.2. The molecule has 6 aliphatic rings. The number of aryl methyl sites for hydroxylation is 2. The van der Waals surface area contributed by atoms with Gasteiger partial charge in [-0.3, -0.25) is 0 Å². The molecule has 14 nitrogen and oxygen atoms in total. The molecule has 366 valence electrons. The van der Waals surface area contributed by atoms with Gasteiger partial charge in [0.05, 0.1) is 36.2 Å². The Morgan fingerprint density at radius 2 is 0.971 bits per heavy atom. The lowest BCUT2D eigenvalue weighted by Gasteiger charge is -2.61.